The first-order valence-electron chi connectivity index (χ1n) is 5.27. The van der Waals surface area contributed by atoms with Gasteiger partial charge in [0, 0.05) is 4.47 Å². The highest BCUT2D eigenvalue weighted by atomic mass is 79.9. The maximum atomic E-state index is 10.1. The van der Waals surface area contributed by atoms with Gasteiger partial charge in [0.05, 0.1) is 5.60 Å². The van der Waals surface area contributed by atoms with Crippen LogP contribution in [-0.4, -0.2) is 10.7 Å². The van der Waals surface area contributed by atoms with Gasteiger partial charge in [0.2, 0.25) is 0 Å². The largest absolute Gasteiger partial charge is 0.386 e. The molecule has 2 heteroatoms. The van der Waals surface area contributed by atoms with Crippen LogP contribution in [0, 0.1) is 0 Å². The SMILES string of the molecule is C[C@@]1(O)CCC/C1=C\c1ccccc1Br. The second kappa shape index (κ2) is 4.11. The van der Waals surface area contributed by atoms with Crippen LogP contribution in [-0.2, 0) is 0 Å². The number of hydrogen-bond donors (Lipinski definition) is 1. The van der Waals surface area contributed by atoms with Crippen molar-refractivity contribution < 1.29 is 5.11 Å². The third kappa shape index (κ3) is 2.32. The Labute approximate surface area is 99.0 Å². The molecule has 0 heterocycles. The van der Waals surface area contributed by atoms with E-state index in [0.717, 1.165) is 34.9 Å². The number of rotatable bonds is 1. The van der Waals surface area contributed by atoms with Crippen molar-refractivity contribution in [2.24, 2.45) is 0 Å². The molecule has 0 saturated heterocycles. The monoisotopic (exact) mass is 266 g/mol. The summed E-state index contributed by atoms with van der Waals surface area (Å²) in [4.78, 5) is 0. The third-order valence-corrected chi connectivity index (χ3v) is 3.76. The van der Waals surface area contributed by atoms with Gasteiger partial charge in [-0.05, 0) is 43.4 Å². The van der Waals surface area contributed by atoms with Gasteiger partial charge in [-0.3, -0.25) is 0 Å². The van der Waals surface area contributed by atoms with Crippen LogP contribution in [0.15, 0.2) is 34.3 Å². The first-order valence-corrected chi connectivity index (χ1v) is 6.07. The summed E-state index contributed by atoms with van der Waals surface area (Å²) in [5, 5.41) is 10.1. The van der Waals surface area contributed by atoms with Crippen molar-refractivity contribution in [2.45, 2.75) is 31.8 Å². The molecule has 80 valence electrons. The van der Waals surface area contributed by atoms with Crippen molar-refractivity contribution in [2.75, 3.05) is 0 Å². The van der Waals surface area contributed by atoms with E-state index >= 15 is 0 Å². The molecule has 1 saturated carbocycles. The van der Waals surface area contributed by atoms with Gasteiger partial charge in [-0.1, -0.05) is 40.2 Å². The number of hydrogen-bond acceptors (Lipinski definition) is 1. The van der Waals surface area contributed by atoms with Gasteiger partial charge in [-0.2, -0.15) is 0 Å². The number of benzene rings is 1. The predicted octanol–water partition coefficient (Wildman–Crippen LogP) is 3.77. The Bertz CT molecular complexity index is 393. The summed E-state index contributed by atoms with van der Waals surface area (Å²) in [6, 6.07) is 8.10. The van der Waals surface area contributed by atoms with E-state index in [9.17, 15) is 5.11 Å². The fourth-order valence-corrected chi connectivity index (χ4v) is 2.46. The lowest BCUT2D eigenvalue weighted by Crippen LogP contribution is -2.20. The first-order chi connectivity index (χ1) is 7.09. The van der Waals surface area contributed by atoms with Crippen LogP contribution in [0.1, 0.15) is 31.7 Å². The van der Waals surface area contributed by atoms with Gasteiger partial charge in [0.15, 0.2) is 0 Å². The second-order valence-corrected chi connectivity index (χ2v) is 5.17. The molecule has 1 aromatic carbocycles. The van der Waals surface area contributed by atoms with Crippen molar-refractivity contribution in [3.05, 3.63) is 39.9 Å². The molecule has 0 amide bonds. The minimum Gasteiger partial charge on any atom is -0.386 e. The molecule has 2 rings (SSSR count). The summed E-state index contributed by atoms with van der Waals surface area (Å²) < 4.78 is 1.08. The molecule has 15 heavy (non-hydrogen) atoms. The molecular formula is C13H15BrO. The molecule has 1 aromatic rings. The average Bonchev–Trinajstić information content (AvgIpc) is 2.50. The average molecular weight is 267 g/mol. The highest BCUT2D eigenvalue weighted by Gasteiger charge is 2.30. The Balaban J connectivity index is 2.35. The van der Waals surface area contributed by atoms with Gasteiger partial charge in [-0.25, -0.2) is 0 Å². The molecule has 0 spiro atoms. The number of halogens is 1. The summed E-state index contributed by atoms with van der Waals surface area (Å²) >= 11 is 3.51. The van der Waals surface area contributed by atoms with Crippen LogP contribution >= 0.6 is 15.9 Å². The van der Waals surface area contributed by atoms with E-state index in [4.69, 9.17) is 0 Å². The summed E-state index contributed by atoms with van der Waals surface area (Å²) in [6.07, 6.45) is 5.08. The Morgan fingerprint density at radius 2 is 2.13 bits per heavy atom. The highest BCUT2D eigenvalue weighted by Crippen LogP contribution is 2.36. The van der Waals surface area contributed by atoms with E-state index in [1.165, 1.54) is 0 Å². The van der Waals surface area contributed by atoms with E-state index in [2.05, 4.69) is 28.1 Å². The maximum absolute atomic E-state index is 10.1. The standard InChI is InChI=1S/C13H15BrO/c1-13(15)8-4-6-11(13)9-10-5-2-3-7-12(10)14/h2-3,5,7,9,15H,4,6,8H2,1H3/b11-9+/t13-/m1/s1. The van der Waals surface area contributed by atoms with E-state index in [0.29, 0.717) is 0 Å². The second-order valence-electron chi connectivity index (χ2n) is 4.32. The predicted molar refractivity (Wildman–Crippen MR) is 66.6 cm³/mol. The minimum atomic E-state index is -0.602. The van der Waals surface area contributed by atoms with Crippen LogP contribution < -0.4 is 0 Å². The van der Waals surface area contributed by atoms with Gasteiger partial charge in [0.1, 0.15) is 0 Å². The molecule has 1 aliphatic carbocycles. The lowest BCUT2D eigenvalue weighted by Gasteiger charge is -2.18. The summed E-state index contributed by atoms with van der Waals surface area (Å²) in [5.74, 6) is 0. The zero-order valence-corrected chi connectivity index (χ0v) is 10.4. The van der Waals surface area contributed by atoms with Crippen molar-refractivity contribution in [1.82, 2.24) is 0 Å². The first kappa shape index (κ1) is 10.9. The van der Waals surface area contributed by atoms with Crippen molar-refractivity contribution in [1.29, 1.82) is 0 Å². The maximum Gasteiger partial charge on any atom is 0.0832 e. The molecule has 0 unspecified atom stereocenters. The van der Waals surface area contributed by atoms with E-state index < -0.39 is 5.60 Å². The van der Waals surface area contributed by atoms with Crippen molar-refractivity contribution in [3.63, 3.8) is 0 Å². The fraction of sp³-hybridized carbons (Fsp3) is 0.385. The normalized spacial score (nSPS) is 28.6. The molecule has 1 fully saturated rings. The molecule has 0 radical (unpaired) electrons. The highest BCUT2D eigenvalue weighted by molar-refractivity contribution is 9.10. The Morgan fingerprint density at radius 1 is 1.40 bits per heavy atom. The zero-order valence-electron chi connectivity index (χ0n) is 8.83. The molecule has 1 N–H and O–H groups in total. The van der Waals surface area contributed by atoms with Gasteiger partial charge in [-0.15, -0.1) is 0 Å². The topological polar surface area (TPSA) is 20.2 Å². The number of aliphatic hydroxyl groups is 1. The molecule has 1 aliphatic rings. The van der Waals surface area contributed by atoms with E-state index in [1.807, 2.05) is 25.1 Å². The minimum absolute atomic E-state index is 0.602. The molecule has 1 nitrogen and oxygen atoms in total. The Morgan fingerprint density at radius 3 is 2.73 bits per heavy atom. The molecular weight excluding hydrogens is 252 g/mol. The molecule has 1 atom stereocenters. The lowest BCUT2D eigenvalue weighted by atomic mass is 9.97. The Kier molecular flexibility index (Phi) is 2.98. The smallest absolute Gasteiger partial charge is 0.0832 e. The molecule has 0 aromatic heterocycles. The van der Waals surface area contributed by atoms with Crippen LogP contribution in [0.4, 0.5) is 0 Å². The van der Waals surface area contributed by atoms with Gasteiger partial charge < -0.3 is 5.11 Å². The summed E-state index contributed by atoms with van der Waals surface area (Å²) in [7, 11) is 0. The summed E-state index contributed by atoms with van der Waals surface area (Å²) in [5.41, 5.74) is 1.69. The fourth-order valence-electron chi connectivity index (χ4n) is 2.06. The van der Waals surface area contributed by atoms with Crippen LogP contribution in [0.5, 0.6) is 0 Å². The van der Waals surface area contributed by atoms with Crippen LogP contribution in [0.2, 0.25) is 0 Å². The van der Waals surface area contributed by atoms with Crippen LogP contribution in [0.3, 0.4) is 0 Å². The Hall–Kier alpha value is -0.600. The molecule has 0 bridgehead atoms. The van der Waals surface area contributed by atoms with Crippen LogP contribution in [0.25, 0.3) is 6.08 Å². The van der Waals surface area contributed by atoms with Gasteiger partial charge >= 0.3 is 0 Å². The van der Waals surface area contributed by atoms with Crippen molar-refractivity contribution >= 4 is 22.0 Å². The van der Waals surface area contributed by atoms with E-state index in [1.54, 1.807) is 0 Å². The van der Waals surface area contributed by atoms with E-state index in [-0.39, 0.29) is 0 Å². The lowest BCUT2D eigenvalue weighted by molar-refractivity contribution is 0.107. The molecule has 0 aliphatic heterocycles. The van der Waals surface area contributed by atoms with Crippen molar-refractivity contribution in [3.8, 4) is 0 Å². The van der Waals surface area contributed by atoms with Gasteiger partial charge in [0.25, 0.3) is 0 Å². The summed E-state index contributed by atoms with van der Waals surface area (Å²) in [6.45, 7) is 1.91. The quantitative estimate of drug-likeness (QED) is 0.821. The zero-order chi connectivity index (χ0) is 10.9. The third-order valence-electron chi connectivity index (χ3n) is 3.04.